The summed E-state index contributed by atoms with van der Waals surface area (Å²) in [7, 11) is -4.91. The Kier molecular flexibility index (Phi) is 5.16. The van der Waals surface area contributed by atoms with Crippen LogP contribution < -0.4 is 5.73 Å². The van der Waals surface area contributed by atoms with E-state index < -0.39 is 25.1 Å². The van der Waals surface area contributed by atoms with Crippen LogP contribution in [0.25, 0.3) is 0 Å². The summed E-state index contributed by atoms with van der Waals surface area (Å²) in [6, 6.07) is -0.154. The minimum absolute atomic E-state index is 0.0317. The van der Waals surface area contributed by atoms with Crippen LogP contribution in [0, 0.1) is 0 Å². The van der Waals surface area contributed by atoms with Crippen LogP contribution in [0.2, 0.25) is 0 Å². The molecule has 1 aliphatic heterocycles. The Balaban J connectivity index is 2.76. The number of rotatable bonds is 5. The second-order valence-electron chi connectivity index (χ2n) is 4.84. The van der Waals surface area contributed by atoms with Crippen LogP contribution in [0.4, 0.5) is 0 Å². The van der Waals surface area contributed by atoms with Gasteiger partial charge in [-0.25, -0.2) is 21.1 Å². The third-order valence-corrected chi connectivity index (χ3v) is 7.72. The second kappa shape index (κ2) is 5.85. The molecule has 1 fully saturated rings. The number of sulfone groups is 1. The van der Waals surface area contributed by atoms with Crippen molar-refractivity contribution in [2.75, 3.05) is 25.1 Å². The van der Waals surface area contributed by atoms with E-state index >= 15 is 0 Å². The molecule has 0 amide bonds. The van der Waals surface area contributed by atoms with Crippen LogP contribution >= 0.6 is 0 Å². The molecule has 8 heteroatoms. The van der Waals surface area contributed by atoms with Crippen molar-refractivity contribution < 1.29 is 16.8 Å². The van der Waals surface area contributed by atoms with Gasteiger partial charge in [0.05, 0.1) is 16.8 Å². The van der Waals surface area contributed by atoms with E-state index in [0.717, 1.165) is 0 Å². The molecule has 0 aromatic heterocycles. The maximum absolute atomic E-state index is 12.3. The quantitative estimate of drug-likeness (QED) is 0.742. The number of sulfonamides is 1. The summed E-state index contributed by atoms with van der Waals surface area (Å²) < 4.78 is 48.6. The zero-order valence-electron chi connectivity index (χ0n) is 10.9. The molecule has 0 radical (unpaired) electrons. The van der Waals surface area contributed by atoms with E-state index in [2.05, 4.69) is 0 Å². The van der Waals surface area contributed by atoms with Gasteiger partial charge >= 0.3 is 0 Å². The highest BCUT2D eigenvalue weighted by molar-refractivity contribution is 7.92. The third kappa shape index (κ3) is 3.66. The summed E-state index contributed by atoms with van der Waals surface area (Å²) in [5, 5.41) is -0.578. The lowest BCUT2D eigenvalue weighted by atomic mass is 10.2. The van der Waals surface area contributed by atoms with Crippen LogP contribution in [-0.2, 0) is 19.9 Å². The molecule has 1 rings (SSSR count). The largest absolute Gasteiger partial charge is 0.330 e. The van der Waals surface area contributed by atoms with Crippen LogP contribution in [-0.4, -0.2) is 57.5 Å². The molecule has 2 N–H and O–H groups in total. The molecule has 1 heterocycles. The van der Waals surface area contributed by atoms with E-state index in [-0.39, 0.29) is 30.4 Å². The van der Waals surface area contributed by atoms with Gasteiger partial charge < -0.3 is 5.73 Å². The smallest absolute Gasteiger partial charge is 0.217 e. The standard InChI is InChI=1S/C10H22N2O4S2/c1-9(3-6-11)12(2)18(15,16)10-4-7-17(13,14)8-5-10/h9-10H,3-8,11H2,1-2H3. The summed E-state index contributed by atoms with van der Waals surface area (Å²) in [4.78, 5) is 0. The Morgan fingerprint density at radius 2 is 1.83 bits per heavy atom. The molecule has 1 unspecified atom stereocenters. The molecule has 1 atom stereocenters. The number of nitrogens with zero attached hydrogens (tertiary/aromatic N) is 1. The van der Waals surface area contributed by atoms with Gasteiger partial charge in [0, 0.05) is 13.1 Å². The Hall–Kier alpha value is -0.180. The fourth-order valence-electron chi connectivity index (χ4n) is 2.08. The van der Waals surface area contributed by atoms with E-state index in [1.807, 2.05) is 6.92 Å². The van der Waals surface area contributed by atoms with Gasteiger partial charge in [-0.2, -0.15) is 0 Å². The van der Waals surface area contributed by atoms with Gasteiger partial charge in [-0.05, 0) is 32.7 Å². The molecule has 0 spiro atoms. The topological polar surface area (TPSA) is 97.5 Å². The van der Waals surface area contributed by atoms with Gasteiger partial charge in [0.15, 0.2) is 0 Å². The molecular formula is C10H22N2O4S2. The van der Waals surface area contributed by atoms with Crippen molar-refractivity contribution in [1.82, 2.24) is 4.31 Å². The van der Waals surface area contributed by atoms with Crippen molar-refractivity contribution in [3.8, 4) is 0 Å². The first-order valence-electron chi connectivity index (χ1n) is 6.08. The van der Waals surface area contributed by atoms with Gasteiger partial charge in [-0.3, -0.25) is 0 Å². The normalized spacial score (nSPS) is 23.1. The van der Waals surface area contributed by atoms with E-state index in [1.165, 1.54) is 4.31 Å². The minimum Gasteiger partial charge on any atom is -0.330 e. The van der Waals surface area contributed by atoms with Gasteiger partial charge in [-0.15, -0.1) is 0 Å². The lowest BCUT2D eigenvalue weighted by Gasteiger charge is -2.30. The molecule has 0 bridgehead atoms. The van der Waals surface area contributed by atoms with E-state index in [1.54, 1.807) is 7.05 Å². The third-order valence-electron chi connectivity index (χ3n) is 3.53. The number of hydrogen-bond donors (Lipinski definition) is 1. The van der Waals surface area contributed by atoms with Crippen molar-refractivity contribution >= 4 is 19.9 Å². The monoisotopic (exact) mass is 298 g/mol. The maximum Gasteiger partial charge on any atom is 0.217 e. The van der Waals surface area contributed by atoms with Gasteiger partial charge in [0.1, 0.15) is 9.84 Å². The molecule has 1 saturated heterocycles. The lowest BCUT2D eigenvalue weighted by molar-refractivity contribution is 0.366. The highest BCUT2D eigenvalue weighted by Gasteiger charge is 2.36. The van der Waals surface area contributed by atoms with Crippen molar-refractivity contribution in [2.24, 2.45) is 5.73 Å². The van der Waals surface area contributed by atoms with Crippen molar-refractivity contribution in [3.63, 3.8) is 0 Å². The fourth-order valence-corrected chi connectivity index (χ4v) is 5.77. The predicted octanol–water partition coefficient (Wildman–Crippen LogP) is -0.437. The first-order valence-corrected chi connectivity index (χ1v) is 9.40. The first-order chi connectivity index (χ1) is 8.20. The summed E-state index contributed by atoms with van der Waals surface area (Å²) in [6.45, 7) is 2.24. The Morgan fingerprint density at radius 1 is 1.33 bits per heavy atom. The molecule has 0 aromatic carbocycles. The van der Waals surface area contributed by atoms with Crippen molar-refractivity contribution in [2.45, 2.75) is 37.5 Å². The fraction of sp³-hybridized carbons (Fsp3) is 1.00. The Morgan fingerprint density at radius 3 is 2.28 bits per heavy atom. The van der Waals surface area contributed by atoms with Gasteiger partial charge in [0.2, 0.25) is 10.0 Å². The predicted molar refractivity (Wildman–Crippen MR) is 71.5 cm³/mol. The van der Waals surface area contributed by atoms with Crippen LogP contribution in [0.1, 0.15) is 26.2 Å². The van der Waals surface area contributed by atoms with Crippen LogP contribution in [0.15, 0.2) is 0 Å². The summed E-state index contributed by atoms with van der Waals surface area (Å²) in [5.74, 6) is -0.0635. The lowest BCUT2D eigenvalue weighted by Crippen LogP contribution is -2.44. The molecule has 0 aromatic rings. The molecule has 0 saturated carbocycles. The van der Waals surface area contributed by atoms with Crippen molar-refractivity contribution in [1.29, 1.82) is 0 Å². The molecule has 0 aliphatic carbocycles. The molecule has 108 valence electrons. The number of hydrogen-bond acceptors (Lipinski definition) is 5. The molecular weight excluding hydrogens is 276 g/mol. The van der Waals surface area contributed by atoms with E-state index in [9.17, 15) is 16.8 Å². The Labute approximate surface area is 110 Å². The SMILES string of the molecule is CC(CCN)N(C)S(=O)(=O)C1CCS(=O)(=O)CC1. The van der Waals surface area contributed by atoms with Gasteiger partial charge in [-0.1, -0.05) is 0 Å². The molecule has 18 heavy (non-hydrogen) atoms. The summed E-state index contributed by atoms with van der Waals surface area (Å²) >= 11 is 0. The second-order valence-corrected chi connectivity index (χ2v) is 9.41. The molecule has 6 nitrogen and oxygen atoms in total. The minimum atomic E-state index is -3.42. The van der Waals surface area contributed by atoms with Gasteiger partial charge in [0.25, 0.3) is 0 Å². The number of nitrogens with two attached hydrogens (primary N) is 1. The summed E-state index contributed by atoms with van der Waals surface area (Å²) in [6.07, 6.45) is 0.995. The zero-order valence-corrected chi connectivity index (χ0v) is 12.5. The van der Waals surface area contributed by atoms with E-state index in [4.69, 9.17) is 5.73 Å². The Bertz CT molecular complexity index is 458. The average molecular weight is 298 g/mol. The van der Waals surface area contributed by atoms with E-state index in [0.29, 0.717) is 13.0 Å². The van der Waals surface area contributed by atoms with Crippen molar-refractivity contribution in [3.05, 3.63) is 0 Å². The highest BCUT2D eigenvalue weighted by atomic mass is 32.2. The summed E-state index contributed by atoms with van der Waals surface area (Å²) in [5.41, 5.74) is 5.42. The van der Waals surface area contributed by atoms with Crippen LogP contribution in [0.3, 0.4) is 0 Å². The zero-order chi connectivity index (χ0) is 14.0. The average Bonchev–Trinajstić information content (AvgIpc) is 2.27. The molecule has 1 aliphatic rings. The highest BCUT2D eigenvalue weighted by Crippen LogP contribution is 2.23. The first kappa shape index (κ1) is 15.9. The maximum atomic E-state index is 12.3. The van der Waals surface area contributed by atoms with Crippen LogP contribution in [0.5, 0.6) is 0 Å².